The number of alkyl carbamates (subject to hydrolysis) is 1. The molecule has 29 heavy (non-hydrogen) atoms. The Morgan fingerprint density at radius 3 is 2.52 bits per heavy atom. The predicted molar refractivity (Wildman–Crippen MR) is 106 cm³/mol. The first-order valence-electron chi connectivity index (χ1n) is 10.0. The van der Waals surface area contributed by atoms with Crippen LogP contribution in [0.1, 0.15) is 52.9 Å². The fourth-order valence-electron chi connectivity index (χ4n) is 3.12. The highest BCUT2D eigenvalue weighted by molar-refractivity contribution is 5.87. The Morgan fingerprint density at radius 1 is 1.24 bits per heavy atom. The number of aliphatic carboxylic acids is 1. The topological polar surface area (TPSA) is 151 Å². The van der Waals surface area contributed by atoms with E-state index >= 15 is 0 Å². The van der Waals surface area contributed by atoms with E-state index in [4.69, 9.17) is 15.6 Å². The number of hydrogen-bond acceptors (Lipinski definition) is 6. The number of unbranched alkanes of at least 4 members (excludes halogenated alkanes) is 1. The molecule has 1 saturated heterocycles. The van der Waals surface area contributed by atoms with Crippen molar-refractivity contribution in [2.24, 2.45) is 11.7 Å². The first-order chi connectivity index (χ1) is 13.5. The van der Waals surface area contributed by atoms with Gasteiger partial charge in [0.1, 0.15) is 18.2 Å². The first kappa shape index (κ1) is 24.7. The molecule has 5 N–H and O–H groups in total. The van der Waals surface area contributed by atoms with Crippen LogP contribution in [0.2, 0.25) is 0 Å². The molecule has 0 aromatic heterocycles. The molecule has 10 heteroatoms. The van der Waals surface area contributed by atoms with Crippen molar-refractivity contribution in [1.29, 1.82) is 0 Å². The van der Waals surface area contributed by atoms with Gasteiger partial charge in [0.15, 0.2) is 0 Å². The van der Waals surface area contributed by atoms with E-state index in [0.717, 1.165) is 6.42 Å². The van der Waals surface area contributed by atoms with Crippen molar-refractivity contribution in [1.82, 2.24) is 15.5 Å². The Bertz CT molecular complexity index is 590. The number of likely N-dealkylation sites (tertiary alicyclic amines) is 1. The van der Waals surface area contributed by atoms with Gasteiger partial charge in [0.05, 0.1) is 5.92 Å². The van der Waals surface area contributed by atoms with E-state index < -0.39 is 36.2 Å². The molecule has 3 amide bonds. The minimum atomic E-state index is -1.12. The van der Waals surface area contributed by atoms with Crippen LogP contribution in [-0.2, 0) is 19.1 Å². The molecule has 166 valence electrons. The van der Waals surface area contributed by atoms with Crippen molar-refractivity contribution in [3.05, 3.63) is 0 Å². The Labute approximate surface area is 171 Å². The molecule has 10 nitrogen and oxygen atoms in total. The van der Waals surface area contributed by atoms with Crippen LogP contribution in [0.4, 0.5) is 4.79 Å². The fourth-order valence-corrected chi connectivity index (χ4v) is 3.12. The summed E-state index contributed by atoms with van der Waals surface area (Å²) in [5, 5.41) is 13.7. The average Bonchev–Trinajstić information content (AvgIpc) is 2.63. The van der Waals surface area contributed by atoms with Crippen molar-refractivity contribution >= 4 is 23.9 Å². The number of amides is 3. The maximum Gasteiger partial charge on any atom is 0.408 e. The number of nitrogens with one attached hydrogen (secondary N) is 2. The van der Waals surface area contributed by atoms with Crippen molar-refractivity contribution < 1.29 is 29.0 Å². The lowest BCUT2D eigenvalue weighted by Gasteiger charge is -2.34. The second-order valence-corrected chi connectivity index (χ2v) is 8.22. The average molecular weight is 415 g/mol. The van der Waals surface area contributed by atoms with Gasteiger partial charge >= 0.3 is 12.1 Å². The van der Waals surface area contributed by atoms with E-state index in [1.54, 1.807) is 25.7 Å². The summed E-state index contributed by atoms with van der Waals surface area (Å²) in [4.78, 5) is 49.5. The van der Waals surface area contributed by atoms with Gasteiger partial charge in [0.25, 0.3) is 0 Å². The largest absolute Gasteiger partial charge is 0.480 e. The van der Waals surface area contributed by atoms with Crippen molar-refractivity contribution in [2.45, 2.75) is 64.5 Å². The SMILES string of the molecule is CC(C)(C)OC(=O)N[C@H](CCCCN)C(=O)N1CCCC(C(=O)NCC(=O)O)C1. The van der Waals surface area contributed by atoms with E-state index in [-0.39, 0.29) is 18.4 Å². The predicted octanol–water partition coefficient (Wildman–Crippen LogP) is 0.448. The second kappa shape index (κ2) is 11.6. The van der Waals surface area contributed by atoms with Gasteiger partial charge < -0.3 is 31.1 Å². The quantitative estimate of drug-likeness (QED) is 0.400. The summed E-state index contributed by atoms with van der Waals surface area (Å²) >= 11 is 0. The number of carboxylic acids is 1. The molecule has 0 aromatic rings. The highest BCUT2D eigenvalue weighted by Gasteiger charge is 2.33. The van der Waals surface area contributed by atoms with Crippen LogP contribution in [-0.4, -0.2) is 71.7 Å². The third-order valence-electron chi connectivity index (χ3n) is 4.45. The number of nitrogens with zero attached hydrogens (tertiary/aromatic N) is 1. The molecule has 0 saturated carbocycles. The molecule has 0 aromatic carbocycles. The van der Waals surface area contributed by atoms with Gasteiger partial charge in [-0.25, -0.2) is 4.79 Å². The van der Waals surface area contributed by atoms with Gasteiger partial charge in [-0.1, -0.05) is 0 Å². The molecule has 1 heterocycles. The third-order valence-corrected chi connectivity index (χ3v) is 4.45. The van der Waals surface area contributed by atoms with E-state index in [1.807, 2.05) is 0 Å². The summed E-state index contributed by atoms with van der Waals surface area (Å²) in [6.45, 7) is 5.92. The van der Waals surface area contributed by atoms with Crippen LogP contribution in [0.15, 0.2) is 0 Å². The monoisotopic (exact) mass is 414 g/mol. The summed E-state index contributed by atoms with van der Waals surface area (Å²) < 4.78 is 5.26. The maximum atomic E-state index is 13.0. The van der Waals surface area contributed by atoms with Gasteiger partial charge in [-0.05, 0) is 59.4 Å². The number of carbonyl (C=O) groups is 4. The summed E-state index contributed by atoms with van der Waals surface area (Å²) in [5.41, 5.74) is 4.84. The van der Waals surface area contributed by atoms with Crippen molar-refractivity contribution in [2.75, 3.05) is 26.2 Å². The van der Waals surface area contributed by atoms with Gasteiger partial charge in [-0.15, -0.1) is 0 Å². The van der Waals surface area contributed by atoms with Crippen LogP contribution < -0.4 is 16.4 Å². The Hall–Kier alpha value is -2.36. The zero-order chi connectivity index (χ0) is 22.0. The normalized spacial score (nSPS) is 17.9. The van der Waals surface area contributed by atoms with Gasteiger partial charge in [0.2, 0.25) is 11.8 Å². The van der Waals surface area contributed by atoms with Crippen molar-refractivity contribution in [3.63, 3.8) is 0 Å². The van der Waals surface area contributed by atoms with Gasteiger partial charge in [-0.2, -0.15) is 0 Å². The molecule has 1 unspecified atom stereocenters. The van der Waals surface area contributed by atoms with E-state index in [0.29, 0.717) is 38.8 Å². The molecule has 1 aliphatic heterocycles. The summed E-state index contributed by atoms with van der Waals surface area (Å²) in [5.74, 6) is -2.25. The molecule has 1 fully saturated rings. The number of hydrogen-bond donors (Lipinski definition) is 4. The van der Waals surface area contributed by atoms with Gasteiger partial charge in [0, 0.05) is 13.1 Å². The second-order valence-electron chi connectivity index (χ2n) is 8.22. The fraction of sp³-hybridized carbons (Fsp3) is 0.789. The van der Waals surface area contributed by atoms with Gasteiger partial charge in [-0.3, -0.25) is 14.4 Å². The molecule has 0 bridgehead atoms. The molecular weight excluding hydrogens is 380 g/mol. The Balaban J connectivity index is 2.75. The lowest BCUT2D eigenvalue weighted by molar-refractivity contribution is -0.141. The minimum absolute atomic E-state index is 0.188. The van der Waals surface area contributed by atoms with E-state index in [1.165, 1.54) is 0 Å². The standard InChI is InChI=1S/C19H34N4O6/c1-19(2,3)29-18(28)22-14(8-4-5-9-20)17(27)23-10-6-7-13(12-23)16(26)21-11-15(24)25/h13-14H,4-12,20H2,1-3H3,(H,21,26)(H,22,28)(H,24,25)/t13?,14-/m1/s1. The zero-order valence-corrected chi connectivity index (χ0v) is 17.5. The number of piperidine rings is 1. The van der Waals surface area contributed by atoms with Crippen LogP contribution in [0, 0.1) is 5.92 Å². The number of ether oxygens (including phenoxy) is 1. The Kier molecular flexibility index (Phi) is 9.87. The van der Waals surface area contributed by atoms with E-state index in [9.17, 15) is 19.2 Å². The van der Waals surface area contributed by atoms with Crippen LogP contribution in [0.3, 0.4) is 0 Å². The first-order valence-corrected chi connectivity index (χ1v) is 10.0. The lowest BCUT2D eigenvalue weighted by atomic mass is 9.96. The molecule has 2 atom stereocenters. The third kappa shape index (κ3) is 9.60. The number of rotatable bonds is 9. The number of nitrogens with two attached hydrogens (primary N) is 1. The number of carbonyl (C=O) groups excluding carboxylic acids is 3. The highest BCUT2D eigenvalue weighted by atomic mass is 16.6. The summed E-state index contributed by atoms with van der Waals surface area (Å²) in [7, 11) is 0. The smallest absolute Gasteiger partial charge is 0.408 e. The summed E-state index contributed by atoms with van der Waals surface area (Å²) in [6.07, 6.45) is 2.34. The molecule has 0 radical (unpaired) electrons. The molecule has 0 aliphatic carbocycles. The zero-order valence-electron chi connectivity index (χ0n) is 17.5. The van der Waals surface area contributed by atoms with E-state index in [2.05, 4.69) is 10.6 Å². The minimum Gasteiger partial charge on any atom is -0.480 e. The molecule has 0 spiro atoms. The highest BCUT2D eigenvalue weighted by Crippen LogP contribution is 2.19. The summed E-state index contributed by atoms with van der Waals surface area (Å²) in [6, 6.07) is -0.766. The number of carboxylic acid groups (broad SMARTS) is 1. The van der Waals surface area contributed by atoms with Crippen LogP contribution in [0.5, 0.6) is 0 Å². The van der Waals surface area contributed by atoms with Crippen LogP contribution >= 0.6 is 0 Å². The molecule has 1 rings (SSSR count). The lowest BCUT2D eigenvalue weighted by Crippen LogP contribution is -2.53. The Morgan fingerprint density at radius 2 is 1.93 bits per heavy atom. The van der Waals surface area contributed by atoms with Crippen LogP contribution in [0.25, 0.3) is 0 Å². The van der Waals surface area contributed by atoms with Crippen molar-refractivity contribution in [3.8, 4) is 0 Å². The molecule has 1 aliphatic rings. The molecular formula is C19H34N4O6. The maximum absolute atomic E-state index is 13.0.